The molecule has 0 unspecified atom stereocenters. The fourth-order valence-electron chi connectivity index (χ4n) is 4.27. The fourth-order valence-corrected chi connectivity index (χ4v) is 4.27. The molecule has 184 valence electrons. The molecule has 34 heavy (non-hydrogen) atoms. The zero-order chi connectivity index (χ0) is 24.6. The molecule has 0 radical (unpaired) electrons. The second-order valence-corrected chi connectivity index (χ2v) is 9.88. The molecule has 0 aromatic carbocycles. The molecule has 1 saturated heterocycles. The Kier molecular flexibility index (Phi) is 6.79. The Bertz CT molecular complexity index is 1170. The lowest BCUT2D eigenvalue weighted by molar-refractivity contribution is -0.127. The summed E-state index contributed by atoms with van der Waals surface area (Å²) in [6.45, 7) is 11.6. The number of nitrogens with zero attached hydrogens (tertiary/aromatic N) is 5. The lowest BCUT2D eigenvalue weighted by Gasteiger charge is -2.36. The SMILES string of the molecule is CC(C)Cn1c(O)c(C(=O)NC2CC2)c(=O)n2ncc(C=CC(=O)N3CCN(C(C)C)CC3)c12. The largest absolute Gasteiger partial charge is 0.494 e. The van der Waals surface area contributed by atoms with Crippen LogP contribution in [0.15, 0.2) is 17.1 Å². The molecule has 3 heterocycles. The van der Waals surface area contributed by atoms with Crippen LogP contribution in [0.2, 0.25) is 0 Å². The summed E-state index contributed by atoms with van der Waals surface area (Å²) in [5.74, 6) is -0.948. The van der Waals surface area contributed by atoms with Crippen LogP contribution >= 0.6 is 0 Å². The van der Waals surface area contributed by atoms with Crippen molar-refractivity contribution in [2.24, 2.45) is 5.92 Å². The molecular formula is C24H34N6O4. The molecule has 0 spiro atoms. The molecule has 2 fully saturated rings. The molecule has 2 amide bonds. The number of aromatic hydroxyl groups is 1. The zero-order valence-electron chi connectivity index (χ0n) is 20.3. The number of nitrogens with one attached hydrogen (secondary N) is 1. The third-order valence-corrected chi connectivity index (χ3v) is 6.36. The summed E-state index contributed by atoms with van der Waals surface area (Å²) in [4.78, 5) is 42.7. The maximum absolute atomic E-state index is 13.1. The normalized spacial score (nSPS) is 17.4. The molecule has 0 atom stereocenters. The van der Waals surface area contributed by atoms with Crippen molar-refractivity contribution >= 4 is 23.5 Å². The van der Waals surface area contributed by atoms with E-state index in [1.165, 1.54) is 16.8 Å². The number of piperazine rings is 1. The van der Waals surface area contributed by atoms with Crippen molar-refractivity contribution in [3.8, 4) is 5.88 Å². The van der Waals surface area contributed by atoms with Gasteiger partial charge in [-0.05, 0) is 38.7 Å². The summed E-state index contributed by atoms with van der Waals surface area (Å²) < 4.78 is 2.67. The number of fused-ring (bicyclic) bond motifs is 1. The minimum Gasteiger partial charge on any atom is -0.494 e. The van der Waals surface area contributed by atoms with E-state index in [9.17, 15) is 19.5 Å². The van der Waals surface area contributed by atoms with E-state index in [0.717, 1.165) is 30.4 Å². The minimum atomic E-state index is -0.679. The summed E-state index contributed by atoms with van der Waals surface area (Å²) in [5, 5.41) is 17.9. The molecule has 10 heteroatoms. The predicted octanol–water partition coefficient (Wildman–Crippen LogP) is 1.32. The van der Waals surface area contributed by atoms with Crippen LogP contribution in [-0.4, -0.2) is 79.2 Å². The molecule has 2 N–H and O–H groups in total. The van der Waals surface area contributed by atoms with E-state index in [1.807, 2.05) is 13.8 Å². The highest BCUT2D eigenvalue weighted by molar-refractivity contribution is 5.97. The first kappa shape index (κ1) is 24.0. The molecule has 2 aromatic heterocycles. The van der Waals surface area contributed by atoms with E-state index >= 15 is 0 Å². The smallest absolute Gasteiger partial charge is 0.291 e. The van der Waals surface area contributed by atoms with Crippen molar-refractivity contribution < 1.29 is 14.7 Å². The molecule has 1 aliphatic heterocycles. The van der Waals surface area contributed by atoms with Crippen molar-refractivity contribution in [1.29, 1.82) is 0 Å². The topological polar surface area (TPSA) is 112 Å². The van der Waals surface area contributed by atoms with Gasteiger partial charge in [0, 0.05) is 56.4 Å². The molecule has 2 aromatic rings. The van der Waals surface area contributed by atoms with Gasteiger partial charge in [-0.25, -0.2) is 0 Å². The van der Waals surface area contributed by atoms with Crippen molar-refractivity contribution in [3.63, 3.8) is 0 Å². The molecule has 1 saturated carbocycles. The first-order valence-electron chi connectivity index (χ1n) is 12.0. The number of hydrogen-bond acceptors (Lipinski definition) is 6. The zero-order valence-corrected chi connectivity index (χ0v) is 20.3. The van der Waals surface area contributed by atoms with Crippen molar-refractivity contribution in [2.75, 3.05) is 26.2 Å². The van der Waals surface area contributed by atoms with E-state index < -0.39 is 11.5 Å². The van der Waals surface area contributed by atoms with Gasteiger partial charge in [0.05, 0.1) is 6.20 Å². The third kappa shape index (κ3) is 4.86. The Balaban J connectivity index is 1.65. The van der Waals surface area contributed by atoms with Gasteiger partial charge in [0.25, 0.3) is 11.5 Å². The van der Waals surface area contributed by atoms with E-state index in [0.29, 0.717) is 36.9 Å². The molecule has 4 rings (SSSR count). The van der Waals surface area contributed by atoms with Crippen LogP contribution in [0.5, 0.6) is 5.88 Å². The molecular weight excluding hydrogens is 436 g/mol. The van der Waals surface area contributed by atoms with Crippen molar-refractivity contribution in [2.45, 2.75) is 59.2 Å². The Morgan fingerprint density at radius 1 is 1.18 bits per heavy atom. The summed E-state index contributed by atoms with van der Waals surface area (Å²) >= 11 is 0. The maximum Gasteiger partial charge on any atom is 0.291 e. The number of carbonyl (C=O) groups is 2. The maximum atomic E-state index is 13.1. The molecule has 1 aliphatic carbocycles. The van der Waals surface area contributed by atoms with Crippen LogP contribution in [0, 0.1) is 5.92 Å². The Morgan fingerprint density at radius 2 is 1.85 bits per heavy atom. The van der Waals surface area contributed by atoms with Gasteiger partial charge in [0.15, 0.2) is 5.56 Å². The minimum absolute atomic E-state index is 0.0464. The highest BCUT2D eigenvalue weighted by Gasteiger charge is 2.30. The van der Waals surface area contributed by atoms with Gasteiger partial charge >= 0.3 is 0 Å². The van der Waals surface area contributed by atoms with Crippen molar-refractivity contribution in [3.05, 3.63) is 33.8 Å². The van der Waals surface area contributed by atoms with Crippen LogP contribution in [0.4, 0.5) is 0 Å². The molecule has 10 nitrogen and oxygen atoms in total. The van der Waals surface area contributed by atoms with Gasteiger partial charge in [-0.2, -0.15) is 9.61 Å². The Labute approximate surface area is 198 Å². The van der Waals surface area contributed by atoms with Gasteiger partial charge < -0.3 is 15.3 Å². The summed E-state index contributed by atoms with van der Waals surface area (Å²) in [6.07, 6.45) is 6.32. The van der Waals surface area contributed by atoms with E-state index in [4.69, 9.17) is 0 Å². The lowest BCUT2D eigenvalue weighted by atomic mass is 10.2. The van der Waals surface area contributed by atoms with Crippen LogP contribution in [0.1, 0.15) is 56.5 Å². The number of rotatable bonds is 7. The monoisotopic (exact) mass is 470 g/mol. The van der Waals surface area contributed by atoms with Crippen LogP contribution < -0.4 is 10.9 Å². The standard InChI is InChI=1S/C24H34N6O4/c1-15(2)14-29-22-17(5-8-19(31)28-11-9-27(10-12-28)16(3)4)13-25-30(22)24(34)20(23(29)33)21(32)26-18-6-7-18/h5,8,13,15-16,18,33H,6-7,9-12,14H2,1-4H3,(H,26,32). The number of carbonyl (C=O) groups excluding carboxylic acids is 2. The quantitative estimate of drug-likeness (QED) is 0.590. The van der Waals surface area contributed by atoms with Gasteiger partial charge in [0.1, 0.15) is 5.65 Å². The van der Waals surface area contributed by atoms with Gasteiger partial charge in [0.2, 0.25) is 11.8 Å². The second-order valence-electron chi connectivity index (χ2n) is 9.88. The summed E-state index contributed by atoms with van der Waals surface area (Å²) in [7, 11) is 0. The van der Waals surface area contributed by atoms with Crippen molar-refractivity contribution in [1.82, 2.24) is 29.3 Å². The first-order valence-corrected chi connectivity index (χ1v) is 12.0. The average Bonchev–Trinajstić information content (AvgIpc) is 3.50. The summed E-state index contributed by atoms with van der Waals surface area (Å²) in [6, 6.07) is 0.498. The number of aromatic nitrogens is 3. The van der Waals surface area contributed by atoms with Gasteiger partial charge in [-0.3, -0.25) is 23.9 Å². The van der Waals surface area contributed by atoms with Gasteiger partial charge in [-0.1, -0.05) is 13.8 Å². The predicted molar refractivity (Wildman–Crippen MR) is 129 cm³/mol. The summed E-state index contributed by atoms with van der Waals surface area (Å²) in [5.41, 5.74) is -0.108. The van der Waals surface area contributed by atoms with Crippen LogP contribution in [0.25, 0.3) is 11.7 Å². The second kappa shape index (κ2) is 9.61. The van der Waals surface area contributed by atoms with Gasteiger partial charge in [-0.15, -0.1) is 0 Å². The van der Waals surface area contributed by atoms with Crippen LogP contribution in [-0.2, 0) is 11.3 Å². The molecule has 0 bridgehead atoms. The number of hydrogen-bond donors (Lipinski definition) is 2. The van der Waals surface area contributed by atoms with E-state index in [2.05, 4.69) is 29.2 Å². The Morgan fingerprint density at radius 3 is 2.44 bits per heavy atom. The fraction of sp³-hybridized carbons (Fsp3) is 0.583. The Hall–Kier alpha value is -3.14. The number of amides is 2. The lowest BCUT2D eigenvalue weighted by Crippen LogP contribution is -2.50. The highest BCUT2D eigenvalue weighted by Crippen LogP contribution is 2.24. The average molecular weight is 471 g/mol. The first-order chi connectivity index (χ1) is 16.2. The molecule has 2 aliphatic rings. The van der Waals surface area contributed by atoms with E-state index in [-0.39, 0.29) is 29.3 Å². The van der Waals surface area contributed by atoms with Crippen LogP contribution in [0.3, 0.4) is 0 Å². The van der Waals surface area contributed by atoms with E-state index in [1.54, 1.807) is 11.0 Å². The highest BCUT2D eigenvalue weighted by atomic mass is 16.3. The third-order valence-electron chi connectivity index (χ3n) is 6.36.